The Bertz CT molecular complexity index is 315. The zero-order valence-electron chi connectivity index (χ0n) is 9.21. The van der Waals surface area contributed by atoms with Gasteiger partial charge in [-0.25, -0.2) is 0 Å². The Hall–Kier alpha value is -1.12. The van der Waals surface area contributed by atoms with Gasteiger partial charge >= 0.3 is 0 Å². The molecule has 1 rings (SSSR count). The molecule has 0 aliphatic heterocycles. The number of rotatable bonds is 5. The molecule has 0 aliphatic rings. The number of Topliss-reactive ketones (excluding diaryl/α,β-unsaturated/α-hetero) is 1. The number of carbonyl (C=O) groups is 1. The van der Waals surface area contributed by atoms with Crippen LogP contribution in [0.15, 0.2) is 6.07 Å². The van der Waals surface area contributed by atoms with Crippen LogP contribution in [0, 0.1) is 0 Å². The summed E-state index contributed by atoms with van der Waals surface area (Å²) in [5.41, 5.74) is 2.30. The lowest BCUT2D eigenvalue weighted by atomic mass is 10.2. The highest BCUT2D eigenvalue weighted by Gasteiger charge is 2.06. The first-order valence-corrected chi connectivity index (χ1v) is 5.22. The van der Waals surface area contributed by atoms with Crippen molar-refractivity contribution in [3.8, 4) is 0 Å². The molecular formula is C11H18N2O. The highest BCUT2D eigenvalue weighted by molar-refractivity contribution is 5.75. The van der Waals surface area contributed by atoms with Crippen LogP contribution in [0.5, 0.6) is 0 Å². The number of aryl methyl sites for hydroxylation is 3. The average Bonchev–Trinajstić information content (AvgIpc) is 2.57. The zero-order valence-corrected chi connectivity index (χ0v) is 9.21. The molecule has 1 aromatic rings. The van der Waals surface area contributed by atoms with E-state index in [9.17, 15) is 4.79 Å². The molecule has 3 nitrogen and oxygen atoms in total. The lowest BCUT2D eigenvalue weighted by Gasteiger charge is -2.01. The molecule has 1 heterocycles. The van der Waals surface area contributed by atoms with Crippen LogP contribution in [0.2, 0.25) is 0 Å². The minimum Gasteiger partial charge on any atom is -0.300 e. The van der Waals surface area contributed by atoms with Gasteiger partial charge in [0.2, 0.25) is 0 Å². The molecule has 0 bridgehead atoms. The van der Waals surface area contributed by atoms with E-state index in [1.54, 1.807) is 6.92 Å². The fourth-order valence-electron chi connectivity index (χ4n) is 1.47. The standard InChI is InChI=1S/C11H18N2O/c1-4-10-8-11(7-6-9(3)14)13(5-2)12-10/h8H,4-7H2,1-3H3. The summed E-state index contributed by atoms with van der Waals surface area (Å²) >= 11 is 0. The Labute approximate surface area is 85.1 Å². The van der Waals surface area contributed by atoms with Gasteiger partial charge in [-0.1, -0.05) is 6.92 Å². The third kappa shape index (κ3) is 2.69. The first-order valence-electron chi connectivity index (χ1n) is 5.22. The highest BCUT2D eigenvalue weighted by atomic mass is 16.1. The third-order valence-electron chi connectivity index (χ3n) is 2.31. The number of nitrogens with zero attached hydrogens (tertiary/aromatic N) is 2. The summed E-state index contributed by atoms with van der Waals surface area (Å²) in [6.45, 7) is 6.68. The topological polar surface area (TPSA) is 34.9 Å². The van der Waals surface area contributed by atoms with Gasteiger partial charge in [-0.3, -0.25) is 4.68 Å². The molecule has 0 saturated heterocycles. The Morgan fingerprint density at radius 3 is 2.71 bits per heavy atom. The minimum atomic E-state index is 0.243. The van der Waals surface area contributed by atoms with E-state index < -0.39 is 0 Å². The van der Waals surface area contributed by atoms with E-state index in [4.69, 9.17) is 0 Å². The van der Waals surface area contributed by atoms with Crippen LogP contribution in [-0.4, -0.2) is 15.6 Å². The molecule has 0 amide bonds. The van der Waals surface area contributed by atoms with Gasteiger partial charge in [-0.15, -0.1) is 0 Å². The average molecular weight is 194 g/mol. The van der Waals surface area contributed by atoms with E-state index in [1.165, 1.54) is 5.69 Å². The van der Waals surface area contributed by atoms with E-state index in [2.05, 4.69) is 25.0 Å². The molecule has 14 heavy (non-hydrogen) atoms. The molecule has 3 heteroatoms. The fraction of sp³-hybridized carbons (Fsp3) is 0.636. The van der Waals surface area contributed by atoms with E-state index in [1.807, 2.05) is 4.68 Å². The molecule has 0 N–H and O–H groups in total. The molecule has 0 atom stereocenters. The number of hydrogen-bond donors (Lipinski definition) is 0. The van der Waals surface area contributed by atoms with Crippen LogP contribution in [0.4, 0.5) is 0 Å². The van der Waals surface area contributed by atoms with Crippen molar-refractivity contribution in [1.82, 2.24) is 9.78 Å². The van der Waals surface area contributed by atoms with Gasteiger partial charge in [0.05, 0.1) is 5.69 Å². The van der Waals surface area contributed by atoms with Crippen molar-refractivity contribution in [2.24, 2.45) is 0 Å². The summed E-state index contributed by atoms with van der Waals surface area (Å²) in [6, 6.07) is 2.10. The number of hydrogen-bond acceptors (Lipinski definition) is 2. The van der Waals surface area contributed by atoms with Crippen LogP contribution in [0.1, 0.15) is 38.6 Å². The van der Waals surface area contributed by atoms with Crippen LogP contribution in [0.3, 0.4) is 0 Å². The third-order valence-corrected chi connectivity index (χ3v) is 2.31. The molecule has 0 spiro atoms. The molecule has 0 unspecified atom stereocenters. The van der Waals surface area contributed by atoms with E-state index in [0.717, 1.165) is 25.1 Å². The summed E-state index contributed by atoms with van der Waals surface area (Å²) < 4.78 is 1.99. The Morgan fingerprint density at radius 1 is 1.50 bits per heavy atom. The van der Waals surface area contributed by atoms with Gasteiger partial charge in [-0.05, 0) is 32.8 Å². The van der Waals surface area contributed by atoms with E-state index >= 15 is 0 Å². The van der Waals surface area contributed by atoms with Gasteiger partial charge in [0.1, 0.15) is 5.78 Å². The van der Waals surface area contributed by atoms with E-state index in [-0.39, 0.29) is 5.78 Å². The predicted molar refractivity (Wildman–Crippen MR) is 56.3 cm³/mol. The molecular weight excluding hydrogens is 176 g/mol. The maximum atomic E-state index is 10.9. The van der Waals surface area contributed by atoms with Crippen molar-refractivity contribution in [3.05, 3.63) is 17.5 Å². The first-order chi connectivity index (χ1) is 6.67. The summed E-state index contributed by atoms with van der Waals surface area (Å²) in [6.07, 6.45) is 2.39. The largest absolute Gasteiger partial charge is 0.300 e. The quantitative estimate of drug-likeness (QED) is 0.718. The first kappa shape index (κ1) is 11.0. The van der Waals surface area contributed by atoms with Gasteiger partial charge in [0.15, 0.2) is 0 Å². The Kier molecular flexibility index (Phi) is 3.86. The van der Waals surface area contributed by atoms with Crippen LogP contribution in [0.25, 0.3) is 0 Å². The lowest BCUT2D eigenvalue weighted by Crippen LogP contribution is -2.04. The summed E-state index contributed by atoms with van der Waals surface area (Å²) in [7, 11) is 0. The normalized spacial score (nSPS) is 10.5. The second kappa shape index (κ2) is 4.94. The van der Waals surface area contributed by atoms with Gasteiger partial charge < -0.3 is 4.79 Å². The van der Waals surface area contributed by atoms with E-state index in [0.29, 0.717) is 6.42 Å². The molecule has 78 valence electrons. The number of ketones is 1. The van der Waals surface area contributed by atoms with Gasteiger partial charge in [-0.2, -0.15) is 5.10 Å². The Morgan fingerprint density at radius 2 is 2.21 bits per heavy atom. The number of carbonyl (C=O) groups excluding carboxylic acids is 1. The molecule has 0 aromatic carbocycles. The second-order valence-electron chi connectivity index (χ2n) is 3.50. The van der Waals surface area contributed by atoms with Crippen LogP contribution >= 0.6 is 0 Å². The Balaban J connectivity index is 2.73. The number of aromatic nitrogens is 2. The summed E-state index contributed by atoms with van der Waals surface area (Å²) in [4.78, 5) is 10.9. The van der Waals surface area contributed by atoms with Crippen LogP contribution < -0.4 is 0 Å². The van der Waals surface area contributed by atoms with Crippen molar-refractivity contribution in [1.29, 1.82) is 0 Å². The molecule has 0 saturated carbocycles. The molecule has 1 aromatic heterocycles. The van der Waals surface area contributed by atoms with Crippen molar-refractivity contribution < 1.29 is 4.79 Å². The minimum absolute atomic E-state index is 0.243. The maximum absolute atomic E-state index is 10.9. The monoisotopic (exact) mass is 194 g/mol. The fourth-order valence-corrected chi connectivity index (χ4v) is 1.47. The summed E-state index contributed by atoms with van der Waals surface area (Å²) in [5, 5.41) is 4.43. The SMILES string of the molecule is CCc1cc(CCC(C)=O)n(CC)n1. The van der Waals surface area contributed by atoms with Crippen molar-refractivity contribution >= 4 is 5.78 Å². The highest BCUT2D eigenvalue weighted by Crippen LogP contribution is 2.08. The molecule has 0 aliphatic carbocycles. The van der Waals surface area contributed by atoms with Gasteiger partial charge in [0.25, 0.3) is 0 Å². The maximum Gasteiger partial charge on any atom is 0.130 e. The summed E-state index contributed by atoms with van der Waals surface area (Å²) in [5.74, 6) is 0.243. The van der Waals surface area contributed by atoms with Crippen molar-refractivity contribution in [2.45, 2.75) is 46.6 Å². The smallest absolute Gasteiger partial charge is 0.130 e. The second-order valence-corrected chi connectivity index (χ2v) is 3.50. The van der Waals surface area contributed by atoms with Crippen molar-refractivity contribution in [3.63, 3.8) is 0 Å². The molecule has 0 radical (unpaired) electrons. The van der Waals surface area contributed by atoms with Gasteiger partial charge in [0, 0.05) is 18.7 Å². The van der Waals surface area contributed by atoms with Crippen molar-refractivity contribution in [2.75, 3.05) is 0 Å². The lowest BCUT2D eigenvalue weighted by molar-refractivity contribution is -0.117. The zero-order chi connectivity index (χ0) is 10.6. The van der Waals surface area contributed by atoms with Crippen LogP contribution in [-0.2, 0) is 24.2 Å². The molecule has 0 fully saturated rings. The predicted octanol–water partition coefficient (Wildman–Crippen LogP) is 1.99.